The summed E-state index contributed by atoms with van der Waals surface area (Å²) >= 11 is 0. The smallest absolute Gasteiger partial charge is 0.336 e. The lowest BCUT2D eigenvalue weighted by molar-refractivity contribution is -0.134. The van der Waals surface area contributed by atoms with Gasteiger partial charge in [0.05, 0.1) is 24.3 Å². The van der Waals surface area contributed by atoms with E-state index in [4.69, 9.17) is 9.15 Å². The summed E-state index contributed by atoms with van der Waals surface area (Å²) < 4.78 is 10.8. The Morgan fingerprint density at radius 2 is 2.28 bits per heavy atom. The van der Waals surface area contributed by atoms with Crippen LogP contribution >= 0.6 is 0 Å². The van der Waals surface area contributed by atoms with E-state index in [1.807, 2.05) is 13.0 Å². The first-order valence-corrected chi connectivity index (χ1v) is 8.06. The highest BCUT2D eigenvalue weighted by Crippen LogP contribution is 2.22. The van der Waals surface area contributed by atoms with Gasteiger partial charge in [-0.15, -0.1) is 0 Å². The predicted molar refractivity (Wildman–Crippen MR) is 90.4 cm³/mol. The van der Waals surface area contributed by atoms with Crippen molar-refractivity contribution >= 4 is 16.9 Å². The fourth-order valence-corrected chi connectivity index (χ4v) is 3.06. The third-order valence-corrected chi connectivity index (χ3v) is 4.41. The highest BCUT2D eigenvalue weighted by atomic mass is 16.5. The molecule has 1 aliphatic heterocycles. The van der Waals surface area contributed by atoms with E-state index in [0.29, 0.717) is 24.4 Å². The summed E-state index contributed by atoms with van der Waals surface area (Å²) in [5.74, 6) is 0.403. The first-order valence-electron chi connectivity index (χ1n) is 8.06. The number of rotatable bonds is 3. The van der Waals surface area contributed by atoms with Gasteiger partial charge < -0.3 is 19.0 Å². The average Bonchev–Trinajstić information content (AvgIpc) is 3.06. The van der Waals surface area contributed by atoms with Gasteiger partial charge in [0, 0.05) is 30.5 Å². The number of aromatic nitrogens is 2. The topological polar surface area (TPSA) is 88.4 Å². The first kappa shape index (κ1) is 15.4. The molecule has 1 aliphatic rings. The molecule has 0 atom stereocenters. The molecule has 3 heterocycles. The van der Waals surface area contributed by atoms with Crippen molar-refractivity contribution in [1.29, 1.82) is 0 Å². The number of benzene rings is 1. The largest absolute Gasteiger partial charge is 0.484 e. The summed E-state index contributed by atoms with van der Waals surface area (Å²) in [4.78, 5) is 32.9. The quantitative estimate of drug-likeness (QED) is 0.735. The maximum Gasteiger partial charge on any atom is 0.336 e. The molecule has 3 aromatic rings. The number of nitrogens with one attached hydrogen (secondary N) is 1. The molecule has 0 spiro atoms. The van der Waals surface area contributed by atoms with Crippen molar-refractivity contribution in [3.8, 4) is 5.75 Å². The summed E-state index contributed by atoms with van der Waals surface area (Å²) in [6.45, 7) is 2.93. The van der Waals surface area contributed by atoms with Crippen LogP contribution in [0.5, 0.6) is 5.75 Å². The normalized spacial score (nSPS) is 13.7. The lowest BCUT2D eigenvalue weighted by Crippen LogP contribution is -2.38. The lowest BCUT2D eigenvalue weighted by atomic mass is 10.1. The zero-order chi connectivity index (χ0) is 17.4. The minimum absolute atomic E-state index is 0.0645. The minimum Gasteiger partial charge on any atom is -0.484 e. The molecule has 0 saturated heterocycles. The summed E-state index contributed by atoms with van der Waals surface area (Å²) in [6.07, 6.45) is 2.39. The highest BCUT2D eigenvalue weighted by molar-refractivity contribution is 5.81. The Morgan fingerprint density at radius 3 is 3.16 bits per heavy atom. The van der Waals surface area contributed by atoms with Gasteiger partial charge in [-0.25, -0.2) is 9.78 Å². The maximum atomic E-state index is 12.4. The van der Waals surface area contributed by atoms with E-state index in [1.54, 1.807) is 23.4 Å². The Bertz CT molecular complexity index is 1000. The van der Waals surface area contributed by atoms with Crippen LogP contribution in [0.25, 0.3) is 11.0 Å². The number of carbonyl (C=O) groups excluding carboxylic acids is 1. The first-order chi connectivity index (χ1) is 12.1. The second-order valence-corrected chi connectivity index (χ2v) is 6.09. The SMILES string of the molecule is Cc1cc(=O)oc2cc(OCC(=O)N3CCc4nc[nH]c4C3)ccc12. The van der Waals surface area contributed by atoms with Crippen LogP contribution in [-0.2, 0) is 17.8 Å². The monoisotopic (exact) mass is 339 g/mol. The number of carbonyl (C=O) groups is 1. The zero-order valence-corrected chi connectivity index (χ0v) is 13.7. The number of hydrogen-bond donors (Lipinski definition) is 1. The summed E-state index contributed by atoms with van der Waals surface area (Å²) in [5, 5.41) is 0.848. The molecule has 1 aromatic carbocycles. The third kappa shape index (κ3) is 3.00. The summed E-state index contributed by atoms with van der Waals surface area (Å²) in [7, 11) is 0. The van der Waals surface area contributed by atoms with Crippen molar-refractivity contribution in [3.63, 3.8) is 0 Å². The van der Waals surface area contributed by atoms with E-state index in [2.05, 4.69) is 9.97 Å². The molecule has 25 heavy (non-hydrogen) atoms. The highest BCUT2D eigenvalue weighted by Gasteiger charge is 2.22. The molecule has 4 rings (SSSR count). The molecular weight excluding hydrogens is 322 g/mol. The Kier molecular flexibility index (Phi) is 3.76. The molecule has 1 amide bonds. The number of fused-ring (bicyclic) bond motifs is 2. The zero-order valence-electron chi connectivity index (χ0n) is 13.7. The van der Waals surface area contributed by atoms with Crippen LogP contribution in [0.15, 0.2) is 39.8 Å². The van der Waals surface area contributed by atoms with Gasteiger partial charge in [0.1, 0.15) is 11.3 Å². The number of aromatic amines is 1. The van der Waals surface area contributed by atoms with Gasteiger partial charge >= 0.3 is 5.63 Å². The van der Waals surface area contributed by atoms with Gasteiger partial charge in [-0.2, -0.15) is 0 Å². The van der Waals surface area contributed by atoms with Crippen LogP contribution in [0, 0.1) is 6.92 Å². The molecule has 2 aromatic heterocycles. The number of H-pyrrole nitrogens is 1. The van der Waals surface area contributed by atoms with Gasteiger partial charge in [0.15, 0.2) is 6.61 Å². The van der Waals surface area contributed by atoms with Crippen molar-refractivity contribution in [1.82, 2.24) is 14.9 Å². The molecule has 0 fully saturated rings. The van der Waals surface area contributed by atoms with Crippen molar-refractivity contribution in [3.05, 3.63) is 58.0 Å². The van der Waals surface area contributed by atoms with E-state index < -0.39 is 5.63 Å². The molecule has 7 heteroatoms. The van der Waals surface area contributed by atoms with Crippen LogP contribution in [0.2, 0.25) is 0 Å². The lowest BCUT2D eigenvalue weighted by Gasteiger charge is -2.26. The molecule has 1 N–H and O–H groups in total. The van der Waals surface area contributed by atoms with E-state index >= 15 is 0 Å². The minimum atomic E-state index is -0.401. The second-order valence-electron chi connectivity index (χ2n) is 6.09. The fraction of sp³-hybridized carbons (Fsp3) is 0.278. The molecule has 7 nitrogen and oxygen atoms in total. The number of hydrogen-bond acceptors (Lipinski definition) is 5. The van der Waals surface area contributed by atoms with Gasteiger partial charge in [0.25, 0.3) is 5.91 Å². The van der Waals surface area contributed by atoms with Crippen LogP contribution in [0.1, 0.15) is 17.0 Å². The number of imidazole rings is 1. The van der Waals surface area contributed by atoms with E-state index in [1.165, 1.54) is 6.07 Å². The van der Waals surface area contributed by atoms with Crippen molar-refractivity contribution < 1.29 is 13.9 Å². The van der Waals surface area contributed by atoms with E-state index in [-0.39, 0.29) is 12.5 Å². The van der Waals surface area contributed by atoms with Crippen LogP contribution in [0.4, 0.5) is 0 Å². The van der Waals surface area contributed by atoms with Crippen molar-refractivity contribution in [2.24, 2.45) is 0 Å². The van der Waals surface area contributed by atoms with Crippen molar-refractivity contribution in [2.75, 3.05) is 13.2 Å². The number of nitrogens with zero attached hydrogens (tertiary/aromatic N) is 2. The molecular formula is C18H17N3O4. The number of ether oxygens (including phenoxy) is 1. The Labute approximate surface area is 143 Å². The maximum absolute atomic E-state index is 12.4. The van der Waals surface area contributed by atoms with Crippen molar-refractivity contribution in [2.45, 2.75) is 19.9 Å². The van der Waals surface area contributed by atoms with Crippen LogP contribution in [0.3, 0.4) is 0 Å². The summed E-state index contributed by atoms with van der Waals surface area (Å²) in [5.41, 5.74) is 2.89. The number of aryl methyl sites for hydroxylation is 1. The molecule has 0 bridgehead atoms. The van der Waals surface area contributed by atoms with Crippen LogP contribution < -0.4 is 10.4 Å². The fourth-order valence-electron chi connectivity index (χ4n) is 3.06. The number of amides is 1. The van der Waals surface area contributed by atoms with E-state index in [9.17, 15) is 9.59 Å². The second kappa shape index (κ2) is 6.08. The van der Waals surface area contributed by atoms with E-state index in [0.717, 1.165) is 28.8 Å². The molecule has 0 saturated carbocycles. The Hall–Kier alpha value is -3.09. The average molecular weight is 339 g/mol. The molecule has 128 valence electrons. The summed E-state index contributed by atoms with van der Waals surface area (Å²) in [6, 6.07) is 6.68. The van der Waals surface area contributed by atoms with Gasteiger partial charge in [-0.3, -0.25) is 4.79 Å². The van der Waals surface area contributed by atoms with Crippen LogP contribution in [-0.4, -0.2) is 33.9 Å². The Morgan fingerprint density at radius 1 is 1.40 bits per heavy atom. The van der Waals surface area contributed by atoms with Gasteiger partial charge in [0.2, 0.25) is 0 Å². The Balaban J connectivity index is 1.45. The predicted octanol–water partition coefficient (Wildman–Crippen LogP) is 1.79. The molecule has 0 unspecified atom stereocenters. The molecule has 0 aliphatic carbocycles. The van der Waals surface area contributed by atoms with Gasteiger partial charge in [-0.05, 0) is 24.6 Å². The standard InChI is InChI=1S/C18H17N3O4/c1-11-6-18(23)25-16-7-12(2-3-13(11)16)24-9-17(22)21-5-4-14-15(8-21)20-10-19-14/h2-3,6-7,10H,4-5,8-9H2,1H3,(H,19,20). The van der Waals surface area contributed by atoms with Gasteiger partial charge in [-0.1, -0.05) is 0 Å². The molecule has 0 radical (unpaired) electrons. The third-order valence-electron chi connectivity index (χ3n) is 4.41.